The van der Waals surface area contributed by atoms with E-state index in [1.807, 2.05) is 12.1 Å². The lowest BCUT2D eigenvalue weighted by Gasteiger charge is -2.09. The Balaban J connectivity index is 1.53. The molecule has 0 unspecified atom stereocenters. The summed E-state index contributed by atoms with van der Waals surface area (Å²) in [6.07, 6.45) is 5.48. The normalized spacial score (nSPS) is 10.3. The van der Waals surface area contributed by atoms with Gasteiger partial charge in [0.25, 0.3) is 5.91 Å². The van der Waals surface area contributed by atoms with Crippen molar-refractivity contribution in [2.45, 2.75) is 13.0 Å². The number of nitrogens with zero attached hydrogens (tertiary/aromatic N) is 2. The third-order valence-electron chi connectivity index (χ3n) is 3.88. The molecular weight excluding hydrogens is 331 g/mol. The van der Waals surface area contributed by atoms with E-state index in [2.05, 4.69) is 20.6 Å². The maximum Gasteiger partial charge on any atom is 0.269 e. The summed E-state index contributed by atoms with van der Waals surface area (Å²) >= 11 is 0. The van der Waals surface area contributed by atoms with Crippen LogP contribution in [0.1, 0.15) is 21.6 Å². The van der Waals surface area contributed by atoms with Crippen LogP contribution in [-0.4, -0.2) is 22.4 Å². The Morgan fingerprint density at radius 1 is 1.04 bits per heavy atom. The molecule has 0 saturated carbocycles. The summed E-state index contributed by atoms with van der Waals surface area (Å²) in [7, 11) is 0. The first-order valence-electron chi connectivity index (χ1n) is 8.33. The maximum atomic E-state index is 13.6. The smallest absolute Gasteiger partial charge is 0.269 e. The van der Waals surface area contributed by atoms with Crippen LogP contribution in [0.25, 0.3) is 0 Å². The van der Waals surface area contributed by atoms with Crippen LogP contribution in [0.5, 0.6) is 0 Å². The Morgan fingerprint density at radius 3 is 2.65 bits per heavy atom. The zero-order chi connectivity index (χ0) is 18.2. The molecule has 3 aromatic rings. The van der Waals surface area contributed by atoms with Crippen molar-refractivity contribution in [3.05, 3.63) is 89.8 Å². The third-order valence-corrected chi connectivity index (χ3v) is 3.88. The topological polar surface area (TPSA) is 66.9 Å². The Bertz CT molecular complexity index is 870. The van der Waals surface area contributed by atoms with Gasteiger partial charge in [-0.15, -0.1) is 0 Å². The van der Waals surface area contributed by atoms with Crippen LogP contribution in [0.2, 0.25) is 0 Å². The lowest BCUT2D eigenvalue weighted by molar-refractivity contribution is 0.0949. The van der Waals surface area contributed by atoms with Gasteiger partial charge in [-0.25, -0.2) is 4.39 Å². The van der Waals surface area contributed by atoms with Gasteiger partial charge in [-0.1, -0.05) is 18.2 Å². The second-order valence-electron chi connectivity index (χ2n) is 5.74. The Hall–Kier alpha value is -3.28. The fourth-order valence-corrected chi connectivity index (χ4v) is 2.47. The van der Waals surface area contributed by atoms with Gasteiger partial charge >= 0.3 is 0 Å². The monoisotopic (exact) mass is 350 g/mol. The summed E-state index contributed by atoms with van der Waals surface area (Å²) in [5.41, 5.74) is 2.79. The van der Waals surface area contributed by atoms with Crippen molar-refractivity contribution in [2.75, 3.05) is 11.9 Å². The van der Waals surface area contributed by atoms with Crippen molar-refractivity contribution in [1.82, 2.24) is 15.3 Å². The molecule has 0 atom stereocenters. The van der Waals surface area contributed by atoms with E-state index in [4.69, 9.17) is 0 Å². The van der Waals surface area contributed by atoms with Crippen LogP contribution in [-0.2, 0) is 13.0 Å². The summed E-state index contributed by atoms with van der Waals surface area (Å²) in [4.78, 5) is 20.3. The highest BCUT2D eigenvalue weighted by Gasteiger charge is 2.08. The summed E-state index contributed by atoms with van der Waals surface area (Å²) in [6, 6.07) is 13.9. The van der Waals surface area contributed by atoms with E-state index in [-0.39, 0.29) is 11.7 Å². The predicted molar refractivity (Wildman–Crippen MR) is 98.2 cm³/mol. The number of benzene rings is 1. The molecular formula is C20H19FN4O. The number of anilines is 1. The molecule has 6 heteroatoms. The molecule has 3 rings (SSSR count). The Morgan fingerprint density at radius 2 is 1.85 bits per heavy atom. The van der Waals surface area contributed by atoms with E-state index in [9.17, 15) is 9.18 Å². The van der Waals surface area contributed by atoms with Crippen LogP contribution in [0.3, 0.4) is 0 Å². The minimum Gasteiger partial charge on any atom is -0.381 e. The van der Waals surface area contributed by atoms with Gasteiger partial charge in [-0.3, -0.25) is 14.8 Å². The molecule has 0 bridgehead atoms. The van der Waals surface area contributed by atoms with Crippen molar-refractivity contribution >= 4 is 11.6 Å². The van der Waals surface area contributed by atoms with Gasteiger partial charge in [0.05, 0.1) is 0 Å². The minimum atomic E-state index is -0.283. The fourth-order valence-electron chi connectivity index (χ4n) is 2.47. The van der Waals surface area contributed by atoms with Gasteiger partial charge in [0, 0.05) is 37.4 Å². The van der Waals surface area contributed by atoms with Gasteiger partial charge in [-0.2, -0.15) is 0 Å². The summed E-state index contributed by atoms with van der Waals surface area (Å²) in [6.45, 7) is 0.969. The van der Waals surface area contributed by atoms with Gasteiger partial charge in [0.1, 0.15) is 11.5 Å². The molecule has 0 saturated heterocycles. The second kappa shape index (κ2) is 8.71. The number of carbonyl (C=O) groups excluding carboxylic acids is 1. The highest BCUT2D eigenvalue weighted by Crippen LogP contribution is 2.10. The average molecular weight is 350 g/mol. The number of amides is 1. The minimum absolute atomic E-state index is 0.262. The molecule has 0 aliphatic rings. The first-order chi connectivity index (χ1) is 12.7. The molecule has 0 spiro atoms. The molecule has 1 amide bonds. The molecule has 0 fully saturated rings. The fraction of sp³-hybridized carbons (Fsp3) is 0.150. The largest absolute Gasteiger partial charge is 0.381 e. The highest BCUT2D eigenvalue weighted by atomic mass is 19.1. The Kier molecular flexibility index (Phi) is 5.88. The van der Waals surface area contributed by atoms with Gasteiger partial charge in [0.2, 0.25) is 0 Å². The Labute approximate surface area is 151 Å². The van der Waals surface area contributed by atoms with Crippen molar-refractivity contribution in [3.63, 3.8) is 0 Å². The molecule has 2 N–H and O–H groups in total. The summed E-state index contributed by atoms with van der Waals surface area (Å²) < 4.78 is 13.6. The molecule has 132 valence electrons. The van der Waals surface area contributed by atoms with Gasteiger partial charge in [-0.05, 0) is 47.9 Å². The maximum absolute atomic E-state index is 13.6. The molecule has 0 aliphatic carbocycles. The standard InChI is InChI=1S/C20H19FN4O/c21-18-4-2-1-3-16(18)7-11-24-20(26)19-13-17(8-12-23-19)25-14-15-5-9-22-10-6-15/h1-6,8-10,12-13H,7,11,14H2,(H,23,25)(H,24,26). The third kappa shape index (κ3) is 4.86. The number of aromatic nitrogens is 2. The lowest BCUT2D eigenvalue weighted by Crippen LogP contribution is -2.26. The molecule has 26 heavy (non-hydrogen) atoms. The molecule has 2 heterocycles. The molecule has 0 aliphatic heterocycles. The first kappa shape index (κ1) is 17.5. The van der Waals surface area contributed by atoms with E-state index < -0.39 is 0 Å². The lowest BCUT2D eigenvalue weighted by atomic mass is 10.1. The van der Waals surface area contributed by atoms with Crippen molar-refractivity contribution in [3.8, 4) is 0 Å². The number of hydrogen-bond acceptors (Lipinski definition) is 4. The quantitative estimate of drug-likeness (QED) is 0.687. The van der Waals surface area contributed by atoms with E-state index in [1.165, 1.54) is 6.07 Å². The SMILES string of the molecule is O=C(NCCc1ccccc1F)c1cc(NCc2ccncc2)ccn1. The van der Waals surface area contributed by atoms with Crippen molar-refractivity contribution < 1.29 is 9.18 Å². The van der Waals surface area contributed by atoms with Crippen LogP contribution in [0.4, 0.5) is 10.1 Å². The molecule has 0 radical (unpaired) electrons. The molecule has 5 nitrogen and oxygen atoms in total. The van der Waals surface area contributed by atoms with E-state index in [0.717, 1.165) is 11.3 Å². The number of carbonyl (C=O) groups is 1. The molecule has 2 aromatic heterocycles. The number of rotatable bonds is 7. The second-order valence-corrected chi connectivity index (χ2v) is 5.74. The highest BCUT2D eigenvalue weighted by molar-refractivity contribution is 5.93. The summed E-state index contributed by atoms with van der Waals surface area (Å²) in [5, 5.41) is 6.02. The average Bonchev–Trinajstić information content (AvgIpc) is 2.69. The zero-order valence-electron chi connectivity index (χ0n) is 14.2. The van der Waals surface area contributed by atoms with Crippen LogP contribution >= 0.6 is 0 Å². The number of hydrogen-bond donors (Lipinski definition) is 2. The number of nitrogens with one attached hydrogen (secondary N) is 2. The zero-order valence-corrected chi connectivity index (χ0v) is 14.2. The number of pyridine rings is 2. The first-order valence-corrected chi connectivity index (χ1v) is 8.33. The van der Waals surface area contributed by atoms with Crippen molar-refractivity contribution in [2.24, 2.45) is 0 Å². The van der Waals surface area contributed by atoms with Gasteiger partial charge in [0.15, 0.2) is 0 Å². The van der Waals surface area contributed by atoms with E-state index >= 15 is 0 Å². The predicted octanol–water partition coefficient (Wildman–Crippen LogP) is 3.20. The van der Waals surface area contributed by atoms with Crippen LogP contribution < -0.4 is 10.6 Å². The van der Waals surface area contributed by atoms with Crippen molar-refractivity contribution in [1.29, 1.82) is 0 Å². The van der Waals surface area contributed by atoms with E-state index in [0.29, 0.717) is 30.8 Å². The van der Waals surface area contributed by atoms with Crippen LogP contribution in [0, 0.1) is 5.82 Å². The van der Waals surface area contributed by atoms with Gasteiger partial charge < -0.3 is 10.6 Å². The van der Waals surface area contributed by atoms with E-state index in [1.54, 1.807) is 48.9 Å². The number of halogens is 1. The van der Waals surface area contributed by atoms with Crippen LogP contribution in [0.15, 0.2) is 67.1 Å². The molecule has 1 aromatic carbocycles. The summed E-state index contributed by atoms with van der Waals surface area (Å²) in [5.74, 6) is -0.545.